The van der Waals surface area contributed by atoms with E-state index in [1.54, 1.807) is 17.0 Å². The van der Waals surface area contributed by atoms with Crippen molar-refractivity contribution in [1.82, 2.24) is 4.90 Å². The Bertz CT molecular complexity index is 524. The van der Waals surface area contributed by atoms with Gasteiger partial charge in [-0.25, -0.2) is 9.18 Å². The first-order valence-corrected chi connectivity index (χ1v) is 6.57. The molecule has 0 saturated carbocycles. The summed E-state index contributed by atoms with van der Waals surface area (Å²) < 4.78 is 13.0. The number of nitrogens with zero attached hydrogens (tertiary/aromatic N) is 1. The zero-order valence-electron chi connectivity index (χ0n) is 11.4. The van der Waals surface area contributed by atoms with Crippen LogP contribution in [0.25, 0.3) is 0 Å². The monoisotopic (exact) mass is 278 g/mol. The molecule has 0 aromatic heterocycles. The van der Waals surface area contributed by atoms with Crippen molar-refractivity contribution >= 4 is 17.6 Å². The summed E-state index contributed by atoms with van der Waals surface area (Å²) in [6, 6.07) is 5.55. The van der Waals surface area contributed by atoms with Gasteiger partial charge in [0.25, 0.3) is 0 Å². The Balaban J connectivity index is 1.94. The largest absolute Gasteiger partial charge is 0.387 e. The van der Waals surface area contributed by atoms with Gasteiger partial charge >= 0.3 is 6.03 Å². The summed E-state index contributed by atoms with van der Waals surface area (Å²) in [6.07, 6.45) is 1.33. The molecule has 1 saturated heterocycles. The van der Waals surface area contributed by atoms with E-state index in [0.29, 0.717) is 31.6 Å². The van der Waals surface area contributed by atoms with Gasteiger partial charge in [0.1, 0.15) is 5.82 Å². The van der Waals surface area contributed by atoms with E-state index in [1.165, 1.54) is 12.1 Å². The second-order valence-electron chi connectivity index (χ2n) is 5.40. The van der Waals surface area contributed by atoms with Crippen molar-refractivity contribution in [3.8, 4) is 0 Å². The van der Waals surface area contributed by atoms with E-state index in [4.69, 9.17) is 11.1 Å². The first-order chi connectivity index (χ1) is 9.40. The summed E-state index contributed by atoms with van der Waals surface area (Å²) in [4.78, 5) is 13.7. The third-order valence-corrected chi connectivity index (χ3v) is 3.88. The number of piperidine rings is 1. The highest BCUT2D eigenvalue weighted by Gasteiger charge is 2.34. The molecule has 0 unspecified atom stereocenters. The van der Waals surface area contributed by atoms with Crippen LogP contribution in [0.3, 0.4) is 0 Å². The second kappa shape index (κ2) is 5.48. The number of amidine groups is 1. The molecule has 1 aliphatic rings. The van der Waals surface area contributed by atoms with E-state index >= 15 is 0 Å². The molecule has 0 bridgehead atoms. The molecule has 2 rings (SSSR count). The van der Waals surface area contributed by atoms with E-state index in [1.807, 2.05) is 6.92 Å². The van der Waals surface area contributed by atoms with Gasteiger partial charge in [-0.3, -0.25) is 5.41 Å². The van der Waals surface area contributed by atoms with Crippen molar-refractivity contribution in [1.29, 1.82) is 5.41 Å². The smallest absolute Gasteiger partial charge is 0.321 e. The molecule has 4 N–H and O–H groups in total. The summed E-state index contributed by atoms with van der Waals surface area (Å²) in [6.45, 7) is 3.02. The standard InChI is InChI=1S/C14H19FN4O/c1-14(12(16)17)5-7-19(8-6-14)13(20)18-11-4-2-3-10(15)9-11/h2-4,9H,5-8H2,1H3,(H3,16,17)(H,18,20). The summed E-state index contributed by atoms with van der Waals surface area (Å²) >= 11 is 0. The molecule has 108 valence electrons. The molecule has 6 heteroatoms. The van der Waals surface area contributed by atoms with Gasteiger partial charge in [0, 0.05) is 24.2 Å². The Hall–Kier alpha value is -2.11. The zero-order valence-corrected chi connectivity index (χ0v) is 11.4. The second-order valence-corrected chi connectivity index (χ2v) is 5.40. The minimum Gasteiger partial charge on any atom is -0.387 e. The number of hydrogen-bond donors (Lipinski definition) is 3. The number of nitrogens with one attached hydrogen (secondary N) is 2. The van der Waals surface area contributed by atoms with Crippen molar-refractivity contribution < 1.29 is 9.18 Å². The van der Waals surface area contributed by atoms with Crippen LogP contribution < -0.4 is 11.1 Å². The Labute approximate surface area is 117 Å². The number of anilines is 1. The lowest BCUT2D eigenvalue weighted by molar-refractivity contribution is 0.170. The van der Waals surface area contributed by atoms with Gasteiger partial charge in [-0.15, -0.1) is 0 Å². The molecular formula is C14H19FN4O. The van der Waals surface area contributed by atoms with Crippen molar-refractivity contribution in [2.24, 2.45) is 11.1 Å². The maximum Gasteiger partial charge on any atom is 0.321 e. The molecule has 1 aliphatic heterocycles. The summed E-state index contributed by atoms with van der Waals surface area (Å²) in [5.74, 6) is -0.215. The number of benzene rings is 1. The normalized spacial score (nSPS) is 17.6. The van der Waals surface area contributed by atoms with E-state index in [9.17, 15) is 9.18 Å². The molecule has 1 heterocycles. The molecule has 0 atom stereocenters. The topological polar surface area (TPSA) is 82.2 Å². The van der Waals surface area contributed by atoms with Crippen LogP contribution in [0.2, 0.25) is 0 Å². The van der Waals surface area contributed by atoms with Gasteiger partial charge in [0.05, 0.1) is 5.84 Å². The molecule has 1 aromatic carbocycles. The number of hydrogen-bond acceptors (Lipinski definition) is 2. The van der Waals surface area contributed by atoms with Gasteiger partial charge in [0.15, 0.2) is 0 Å². The quantitative estimate of drug-likeness (QED) is 0.573. The third kappa shape index (κ3) is 3.07. The highest BCUT2D eigenvalue weighted by molar-refractivity contribution is 5.90. The van der Waals surface area contributed by atoms with Crippen LogP contribution in [-0.4, -0.2) is 29.9 Å². The summed E-state index contributed by atoms with van der Waals surface area (Å²) in [5, 5.41) is 10.2. The van der Waals surface area contributed by atoms with Crippen molar-refractivity contribution in [2.75, 3.05) is 18.4 Å². The number of carbonyl (C=O) groups is 1. The maximum absolute atomic E-state index is 13.0. The number of likely N-dealkylation sites (tertiary alicyclic amines) is 1. The van der Waals surface area contributed by atoms with E-state index in [2.05, 4.69) is 5.32 Å². The van der Waals surface area contributed by atoms with Crippen molar-refractivity contribution in [3.05, 3.63) is 30.1 Å². The first-order valence-electron chi connectivity index (χ1n) is 6.57. The highest BCUT2D eigenvalue weighted by atomic mass is 19.1. The summed E-state index contributed by atoms with van der Waals surface area (Å²) in [7, 11) is 0. The van der Waals surface area contributed by atoms with E-state index in [-0.39, 0.29) is 23.1 Å². The lowest BCUT2D eigenvalue weighted by Gasteiger charge is -2.38. The van der Waals surface area contributed by atoms with Gasteiger partial charge in [0.2, 0.25) is 0 Å². The SMILES string of the molecule is CC1(C(=N)N)CCN(C(=O)Nc2cccc(F)c2)CC1. The van der Waals surface area contributed by atoms with Gasteiger partial charge in [-0.05, 0) is 31.0 Å². The Morgan fingerprint density at radius 1 is 1.45 bits per heavy atom. The number of urea groups is 1. The lowest BCUT2D eigenvalue weighted by atomic mass is 9.79. The molecule has 5 nitrogen and oxygen atoms in total. The van der Waals surface area contributed by atoms with Crippen LogP contribution in [-0.2, 0) is 0 Å². The number of rotatable bonds is 2. The third-order valence-electron chi connectivity index (χ3n) is 3.88. The van der Waals surface area contributed by atoms with Crippen molar-refractivity contribution in [2.45, 2.75) is 19.8 Å². The fourth-order valence-corrected chi connectivity index (χ4v) is 2.24. The van der Waals surface area contributed by atoms with Gasteiger partial charge in [-0.2, -0.15) is 0 Å². The average molecular weight is 278 g/mol. The minimum atomic E-state index is -0.384. The highest BCUT2D eigenvalue weighted by Crippen LogP contribution is 2.30. The maximum atomic E-state index is 13.0. The van der Waals surface area contributed by atoms with E-state index < -0.39 is 0 Å². The van der Waals surface area contributed by atoms with Crippen molar-refractivity contribution in [3.63, 3.8) is 0 Å². The predicted octanol–water partition coefficient (Wildman–Crippen LogP) is 2.40. The molecule has 1 fully saturated rings. The van der Waals surface area contributed by atoms with Crippen LogP contribution in [0.1, 0.15) is 19.8 Å². The fourth-order valence-electron chi connectivity index (χ4n) is 2.24. The Morgan fingerprint density at radius 3 is 2.65 bits per heavy atom. The fraction of sp³-hybridized carbons (Fsp3) is 0.429. The summed E-state index contributed by atoms with van der Waals surface area (Å²) in [5.41, 5.74) is 5.70. The number of nitrogens with two attached hydrogens (primary N) is 1. The Morgan fingerprint density at radius 2 is 2.10 bits per heavy atom. The predicted molar refractivity (Wildman–Crippen MR) is 76.2 cm³/mol. The molecular weight excluding hydrogens is 259 g/mol. The average Bonchev–Trinajstić information content (AvgIpc) is 2.39. The Kier molecular flexibility index (Phi) is 3.92. The van der Waals surface area contributed by atoms with Crippen LogP contribution >= 0.6 is 0 Å². The van der Waals surface area contributed by atoms with Crippen LogP contribution in [0.5, 0.6) is 0 Å². The molecule has 2 amide bonds. The molecule has 0 radical (unpaired) electrons. The van der Waals surface area contributed by atoms with Crippen LogP contribution in [0.15, 0.2) is 24.3 Å². The number of carbonyl (C=O) groups excluding carboxylic acids is 1. The van der Waals surface area contributed by atoms with E-state index in [0.717, 1.165) is 0 Å². The van der Waals surface area contributed by atoms with Crippen LogP contribution in [0.4, 0.5) is 14.9 Å². The molecule has 0 spiro atoms. The molecule has 1 aromatic rings. The number of amides is 2. The minimum absolute atomic E-state index is 0.169. The van der Waals surface area contributed by atoms with Gasteiger partial charge in [-0.1, -0.05) is 13.0 Å². The molecule has 0 aliphatic carbocycles. The van der Waals surface area contributed by atoms with Gasteiger partial charge < -0.3 is 16.0 Å². The lowest BCUT2D eigenvalue weighted by Crippen LogP contribution is -2.48. The zero-order chi connectivity index (χ0) is 14.8. The first kappa shape index (κ1) is 14.3. The number of halogens is 1. The molecule has 20 heavy (non-hydrogen) atoms. The van der Waals surface area contributed by atoms with Crippen LogP contribution in [0, 0.1) is 16.6 Å².